The van der Waals surface area contributed by atoms with E-state index in [-0.39, 0.29) is 5.75 Å². The van der Waals surface area contributed by atoms with Gasteiger partial charge in [0.15, 0.2) is 0 Å². The molecule has 0 aliphatic carbocycles. The number of pyridine rings is 1. The summed E-state index contributed by atoms with van der Waals surface area (Å²) in [5.41, 5.74) is 10.0. The summed E-state index contributed by atoms with van der Waals surface area (Å²) in [5, 5.41) is 0. The van der Waals surface area contributed by atoms with E-state index in [9.17, 15) is 8.42 Å². The number of benzene rings is 1. The second kappa shape index (κ2) is 6.88. The number of nitrogens with zero attached hydrogens (tertiary/aromatic N) is 1. The molecule has 0 amide bonds. The Labute approximate surface area is 145 Å². The monoisotopic (exact) mass is 397 g/mol. The molecule has 2 rings (SSSR count). The molecule has 23 heavy (non-hydrogen) atoms. The molecule has 124 valence electrons. The van der Waals surface area contributed by atoms with Crippen molar-refractivity contribution in [3.05, 3.63) is 40.0 Å². The van der Waals surface area contributed by atoms with E-state index in [1.807, 2.05) is 32.9 Å². The number of nitrogens with two attached hydrogens (primary N) is 1. The van der Waals surface area contributed by atoms with Crippen LogP contribution in [0.2, 0.25) is 0 Å². The number of halogens is 1. The van der Waals surface area contributed by atoms with E-state index in [0.29, 0.717) is 17.9 Å². The number of sulfonamides is 1. The molecule has 5 nitrogen and oxygen atoms in total. The Morgan fingerprint density at radius 3 is 2.61 bits per heavy atom. The average Bonchev–Trinajstić information content (AvgIpc) is 2.46. The van der Waals surface area contributed by atoms with E-state index in [1.54, 1.807) is 12.3 Å². The molecule has 1 aromatic heterocycles. The molecule has 0 aliphatic rings. The van der Waals surface area contributed by atoms with Crippen LogP contribution >= 0.6 is 15.9 Å². The minimum Gasteiger partial charge on any atom is -0.383 e. The van der Waals surface area contributed by atoms with Crippen LogP contribution in [0.4, 0.5) is 11.5 Å². The molecule has 0 bridgehead atoms. The van der Waals surface area contributed by atoms with Crippen molar-refractivity contribution in [2.24, 2.45) is 0 Å². The van der Waals surface area contributed by atoms with Gasteiger partial charge in [-0.15, -0.1) is 0 Å². The van der Waals surface area contributed by atoms with Crippen molar-refractivity contribution in [3.8, 4) is 11.1 Å². The Morgan fingerprint density at radius 1 is 1.26 bits per heavy atom. The highest BCUT2D eigenvalue weighted by atomic mass is 79.9. The van der Waals surface area contributed by atoms with Crippen LogP contribution in [0.3, 0.4) is 0 Å². The van der Waals surface area contributed by atoms with Gasteiger partial charge in [0.25, 0.3) is 0 Å². The molecule has 0 fully saturated rings. The summed E-state index contributed by atoms with van der Waals surface area (Å²) in [6.07, 6.45) is 2.19. The number of aryl methyl sites for hydroxylation is 1. The van der Waals surface area contributed by atoms with Gasteiger partial charge in [0.05, 0.1) is 11.4 Å². The lowest BCUT2D eigenvalue weighted by molar-refractivity contribution is 0.600. The van der Waals surface area contributed by atoms with Crippen molar-refractivity contribution in [1.29, 1.82) is 0 Å². The van der Waals surface area contributed by atoms with Gasteiger partial charge in [-0.05, 0) is 65.0 Å². The van der Waals surface area contributed by atoms with Gasteiger partial charge < -0.3 is 5.73 Å². The predicted molar refractivity (Wildman–Crippen MR) is 99.0 cm³/mol. The minimum absolute atomic E-state index is 0.0935. The normalized spacial score (nSPS) is 11.5. The van der Waals surface area contributed by atoms with Crippen molar-refractivity contribution in [2.45, 2.75) is 27.2 Å². The summed E-state index contributed by atoms with van der Waals surface area (Å²) in [6, 6.07) is 5.65. The van der Waals surface area contributed by atoms with Gasteiger partial charge in [-0.2, -0.15) is 0 Å². The van der Waals surface area contributed by atoms with Crippen LogP contribution in [-0.4, -0.2) is 19.2 Å². The van der Waals surface area contributed by atoms with E-state index in [1.165, 1.54) is 0 Å². The first kappa shape index (κ1) is 17.7. The zero-order chi connectivity index (χ0) is 17.2. The fourth-order valence-corrected chi connectivity index (χ4v) is 3.81. The topological polar surface area (TPSA) is 85.1 Å². The van der Waals surface area contributed by atoms with Crippen LogP contribution in [0.25, 0.3) is 11.1 Å². The highest BCUT2D eigenvalue weighted by Crippen LogP contribution is 2.32. The van der Waals surface area contributed by atoms with Gasteiger partial charge in [-0.3, -0.25) is 4.72 Å². The Kier molecular flexibility index (Phi) is 5.31. The first-order valence-electron chi connectivity index (χ1n) is 7.26. The zero-order valence-electron chi connectivity index (χ0n) is 13.4. The quantitative estimate of drug-likeness (QED) is 0.801. The molecule has 0 saturated heterocycles. The van der Waals surface area contributed by atoms with Crippen molar-refractivity contribution in [2.75, 3.05) is 16.2 Å². The first-order chi connectivity index (χ1) is 10.7. The highest BCUT2D eigenvalue weighted by Gasteiger charge is 2.14. The van der Waals surface area contributed by atoms with Crippen LogP contribution < -0.4 is 10.5 Å². The molecular weight excluding hydrogens is 378 g/mol. The molecular formula is C16H20BrN3O2S. The van der Waals surface area contributed by atoms with E-state index >= 15 is 0 Å². The smallest absolute Gasteiger partial charge is 0.232 e. The van der Waals surface area contributed by atoms with Gasteiger partial charge in [0.2, 0.25) is 10.0 Å². The van der Waals surface area contributed by atoms with Crippen molar-refractivity contribution >= 4 is 37.5 Å². The van der Waals surface area contributed by atoms with Gasteiger partial charge in [-0.25, -0.2) is 13.4 Å². The Hall–Kier alpha value is -1.60. The number of rotatable bonds is 5. The third-order valence-electron chi connectivity index (χ3n) is 3.60. The van der Waals surface area contributed by atoms with Crippen LogP contribution in [0, 0.1) is 13.8 Å². The van der Waals surface area contributed by atoms with Crippen LogP contribution in [0.5, 0.6) is 0 Å². The number of nitrogen functional groups attached to an aromatic ring is 1. The molecule has 0 unspecified atom stereocenters. The number of nitrogens with one attached hydrogen (secondary N) is 1. The third kappa shape index (κ3) is 4.23. The molecule has 0 radical (unpaired) electrons. The van der Waals surface area contributed by atoms with Crippen molar-refractivity contribution in [3.63, 3.8) is 0 Å². The van der Waals surface area contributed by atoms with Gasteiger partial charge in [0, 0.05) is 16.2 Å². The number of anilines is 2. The Morgan fingerprint density at radius 2 is 1.96 bits per heavy atom. The standard InChI is InChI=1S/C16H20BrN3O2S/c1-4-5-23(21,22)20-15-7-12(6-10(2)11(15)3)14-8-13(17)9-19-16(14)18/h6-9,20H,4-5H2,1-3H3,(H2,18,19). The maximum Gasteiger partial charge on any atom is 0.232 e. The van der Waals surface area contributed by atoms with Crippen molar-refractivity contribution < 1.29 is 8.42 Å². The maximum absolute atomic E-state index is 12.1. The van der Waals surface area contributed by atoms with Crippen LogP contribution in [0.1, 0.15) is 24.5 Å². The predicted octanol–water partition coefficient (Wildman–Crippen LogP) is 3.86. The minimum atomic E-state index is -3.35. The average molecular weight is 398 g/mol. The molecule has 0 saturated carbocycles. The van der Waals surface area contributed by atoms with Gasteiger partial charge in [0.1, 0.15) is 5.82 Å². The second-order valence-electron chi connectivity index (χ2n) is 5.47. The van der Waals surface area contributed by atoms with E-state index in [2.05, 4.69) is 25.6 Å². The third-order valence-corrected chi connectivity index (χ3v) is 5.51. The lowest BCUT2D eigenvalue weighted by Gasteiger charge is -2.15. The summed E-state index contributed by atoms with van der Waals surface area (Å²) in [7, 11) is -3.35. The zero-order valence-corrected chi connectivity index (χ0v) is 15.8. The summed E-state index contributed by atoms with van der Waals surface area (Å²) in [4.78, 5) is 4.13. The van der Waals surface area contributed by atoms with Crippen LogP contribution in [0.15, 0.2) is 28.9 Å². The largest absolute Gasteiger partial charge is 0.383 e. The molecule has 7 heteroatoms. The van der Waals surface area contributed by atoms with Gasteiger partial charge in [-0.1, -0.05) is 13.0 Å². The Balaban J connectivity index is 2.54. The van der Waals surface area contributed by atoms with E-state index in [0.717, 1.165) is 26.7 Å². The molecule has 2 aromatic rings. The maximum atomic E-state index is 12.1. The summed E-state index contributed by atoms with van der Waals surface area (Å²) >= 11 is 3.38. The first-order valence-corrected chi connectivity index (χ1v) is 9.71. The molecule has 1 heterocycles. The van der Waals surface area contributed by atoms with E-state index < -0.39 is 10.0 Å². The Bertz CT molecular complexity index is 835. The summed E-state index contributed by atoms with van der Waals surface area (Å²) in [5.74, 6) is 0.495. The molecule has 3 N–H and O–H groups in total. The molecule has 0 spiro atoms. The summed E-state index contributed by atoms with van der Waals surface area (Å²) < 4.78 is 27.6. The number of hydrogen-bond acceptors (Lipinski definition) is 4. The fourth-order valence-electron chi connectivity index (χ4n) is 2.29. The fraction of sp³-hybridized carbons (Fsp3) is 0.312. The lowest BCUT2D eigenvalue weighted by Crippen LogP contribution is -2.17. The van der Waals surface area contributed by atoms with E-state index in [4.69, 9.17) is 5.73 Å². The summed E-state index contributed by atoms with van der Waals surface area (Å²) in [6.45, 7) is 5.67. The molecule has 0 aliphatic heterocycles. The number of hydrogen-bond donors (Lipinski definition) is 2. The SMILES string of the molecule is CCCS(=O)(=O)Nc1cc(-c2cc(Br)cnc2N)cc(C)c1C. The van der Waals surface area contributed by atoms with Crippen LogP contribution in [-0.2, 0) is 10.0 Å². The second-order valence-corrected chi connectivity index (χ2v) is 8.23. The molecule has 1 aromatic carbocycles. The highest BCUT2D eigenvalue weighted by molar-refractivity contribution is 9.10. The number of aromatic nitrogens is 1. The van der Waals surface area contributed by atoms with Crippen molar-refractivity contribution in [1.82, 2.24) is 4.98 Å². The van der Waals surface area contributed by atoms with Gasteiger partial charge >= 0.3 is 0 Å². The molecule has 0 atom stereocenters. The lowest BCUT2D eigenvalue weighted by atomic mass is 9.99.